The third-order valence-corrected chi connectivity index (χ3v) is 5.49. The van der Waals surface area contributed by atoms with Crippen LogP contribution in [0.1, 0.15) is 28.3 Å². The number of aromatic nitrogens is 2. The molecule has 2 N–H and O–H groups in total. The van der Waals surface area contributed by atoms with Crippen LogP contribution < -0.4 is 16.6 Å². The molecule has 4 rings (SSSR count). The van der Waals surface area contributed by atoms with Crippen LogP contribution in [0.4, 0.5) is 0 Å². The summed E-state index contributed by atoms with van der Waals surface area (Å²) in [5, 5.41) is 3.36. The number of carbonyl (C=O) groups excluding carboxylic acids is 1. The van der Waals surface area contributed by atoms with Gasteiger partial charge < -0.3 is 10.3 Å². The number of carbonyl (C=O) groups is 1. The normalized spacial score (nSPS) is 11.9. The molecule has 6 heteroatoms. The smallest absolute Gasteiger partial charge is 0.329 e. The van der Waals surface area contributed by atoms with E-state index in [4.69, 9.17) is 0 Å². The molecular weight excluding hydrogens is 390 g/mol. The SMILES string of the molecule is Cc1ccc([C@H](NC(=O)Cn2c(=O)[nH]c3ccccc3c2=O)c2ccccc2)cc1C. The predicted octanol–water partition coefficient (Wildman–Crippen LogP) is 3.21. The molecule has 0 unspecified atom stereocenters. The molecule has 1 aromatic heterocycles. The fourth-order valence-electron chi connectivity index (χ4n) is 3.64. The summed E-state index contributed by atoms with van der Waals surface area (Å²) in [5.41, 5.74) is 3.48. The van der Waals surface area contributed by atoms with Crippen molar-refractivity contribution in [1.29, 1.82) is 0 Å². The summed E-state index contributed by atoms with van der Waals surface area (Å²) in [6.07, 6.45) is 0. The van der Waals surface area contributed by atoms with Crippen LogP contribution in [0.3, 0.4) is 0 Å². The standard InChI is InChI=1S/C25H23N3O3/c1-16-12-13-19(14-17(16)2)23(18-8-4-3-5-9-18)27-22(29)15-28-24(30)20-10-6-7-11-21(20)26-25(28)31/h3-14,23H,15H2,1-2H3,(H,26,31)(H,27,29)/t23-/m1/s1. The number of rotatable bonds is 5. The lowest BCUT2D eigenvalue weighted by Crippen LogP contribution is -2.41. The van der Waals surface area contributed by atoms with Crippen molar-refractivity contribution >= 4 is 16.8 Å². The van der Waals surface area contributed by atoms with Crippen LogP contribution in [-0.4, -0.2) is 15.5 Å². The number of fused-ring (bicyclic) bond motifs is 1. The van der Waals surface area contributed by atoms with E-state index < -0.39 is 23.2 Å². The van der Waals surface area contributed by atoms with Crippen LogP contribution in [0.2, 0.25) is 0 Å². The largest absolute Gasteiger partial charge is 0.344 e. The van der Waals surface area contributed by atoms with Crippen molar-refractivity contribution in [2.75, 3.05) is 0 Å². The molecular formula is C25H23N3O3. The first kappa shape index (κ1) is 20.3. The summed E-state index contributed by atoms with van der Waals surface area (Å²) in [6, 6.07) is 22.0. The monoisotopic (exact) mass is 413 g/mol. The van der Waals surface area contributed by atoms with Crippen LogP contribution in [-0.2, 0) is 11.3 Å². The molecule has 1 amide bonds. The molecule has 0 spiro atoms. The highest BCUT2D eigenvalue weighted by Gasteiger charge is 2.19. The lowest BCUT2D eigenvalue weighted by Gasteiger charge is -2.21. The van der Waals surface area contributed by atoms with Crippen molar-refractivity contribution in [3.63, 3.8) is 0 Å². The molecule has 0 aliphatic carbocycles. The summed E-state index contributed by atoms with van der Waals surface area (Å²) in [6.45, 7) is 3.69. The van der Waals surface area contributed by atoms with Gasteiger partial charge in [0, 0.05) is 0 Å². The van der Waals surface area contributed by atoms with Gasteiger partial charge in [-0.1, -0.05) is 60.7 Å². The Morgan fingerprint density at radius 1 is 0.903 bits per heavy atom. The van der Waals surface area contributed by atoms with E-state index in [1.54, 1.807) is 24.3 Å². The summed E-state index contributed by atoms with van der Waals surface area (Å²) in [7, 11) is 0. The third-order valence-electron chi connectivity index (χ3n) is 5.49. The van der Waals surface area contributed by atoms with Gasteiger partial charge in [0.05, 0.1) is 16.9 Å². The molecule has 0 radical (unpaired) electrons. The maximum Gasteiger partial charge on any atom is 0.329 e. The van der Waals surface area contributed by atoms with Gasteiger partial charge in [-0.2, -0.15) is 0 Å². The van der Waals surface area contributed by atoms with Gasteiger partial charge in [0.15, 0.2) is 0 Å². The van der Waals surface area contributed by atoms with E-state index in [1.165, 1.54) is 0 Å². The zero-order valence-electron chi connectivity index (χ0n) is 17.4. The maximum atomic E-state index is 12.9. The minimum atomic E-state index is -0.610. The Balaban J connectivity index is 1.67. The van der Waals surface area contributed by atoms with Crippen LogP contribution in [0, 0.1) is 13.8 Å². The first-order valence-corrected chi connectivity index (χ1v) is 10.1. The average molecular weight is 413 g/mol. The van der Waals surface area contributed by atoms with Crippen molar-refractivity contribution in [3.05, 3.63) is 116 Å². The number of amides is 1. The van der Waals surface area contributed by atoms with Crippen LogP contribution in [0.25, 0.3) is 10.9 Å². The van der Waals surface area contributed by atoms with Gasteiger partial charge in [-0.3, -0.25) is 14.2 Å². The minimum absolute atomic E-state index is 0.365. The zero-order chi connectivity index (χ0) is 22.0. The molecule has 0 fully saturated rings. The van der Waals surface area contributed by atoms with Crippen LogP contribution >= 0.6 is 0 Å². The second-order valence-corrected chi connectivity index (χ2v) is 7.62. The molecule has 0 aliphatic heterocycles. The Morgan fingerprint density at radius 3 is 2.35 bits per heavy atom. The Bertz CT molecular complexity index is 1370. The highest BCUT2D eigenvalue weighted by Crippen LogP contribution is 2.24. The third kappa shape index (κ3) is 4.19. The van der Waals surface area contributed by atoms with Crippen LogP contribution in [0.15, 0.2) is 82.4 Å². The van der Waals surface area contributed by atoms with Crippen molar-refractivity contribution in [3.8, 4) is 0 Å². The minimum Gasteiger partial charge on any atom is -0.344 e. The molecule has 3 aromatic carbocycles. The van der Waals surface area contributed by atoms with Crippen molar-refractivity contribution in [1.82, 2.24) is 14.9 Å². The van der Waals surface area contributed by atoms with Crippen molar-refractivity contribution in [2.45, 2.75) is 26.4 Å². The summed E-state index contributed by atoms with van der Waals surface area (Å²) in [4.78, 5) is 40.8. The van der Waals surface area contributed by atoms with Crippen molar-refractivity contribution in [2.24, 2.45) is 0 Å². The van der Waals surface area contributed by atoms with Crippen molar-refractivity contribution < 1.29 is 4.79 Å². The van der Waals surface area contributed by atoms with Gasteiger partial charge in [0.1, 0.15) is 6.54 Å². The fourth-order valence-corrected chi connectivity index (χ4v) is 3.64. The first-order chi connectivity index (χ1) is 14.9. The summed E-state index contributed by atoms with van der Waals surface area (Å²) >= 11 is 0. The highest BCUT2D eigenvalue weighted by molar-refractivity contribution is 5.79. The Hall–Kier alpha value is -3.93. The number of nitrogens with zero attached hydrogens (tertiary/aromatic N) is 1. The summed E-state index contributed by atoms with van der Waals surface area (Å²) < 4.78 is 0.931. The number of H-pyrrole nitrogens is 1. The van der Waals surface area contributed by atoms with E-state index in [-0.39, 0.29) is 6.54 Å². The van der Waals surface area contributed by atoms with Crippen LogP contribution in [0.5, 0.6) is 0 Å². The van der Waals surface area contributed by atoms with Gasteiger partial charge in [-0.25, -0.2) is 4.79 Å². The summed E-state index contributed by atoms with van der Waals surface area (Å²) in [5.74, 6) is -0.421. The lowest BCUT2D eigenvalue weighted by atomic mass is 9.95. The molecule has 1 heterocycles. The predicted molar refractivity (Wildman–Crippen MR) is 121 cm³/mol. The maximum absolute atomic E-state index is 12.9. The molecule has 0 saturated heterocycles. The molecule has 31 heavy (non-hydrogen) atoms. The Labute approximate surface area is 179 Å². The molecule has 0 bridgehead atoms. The molecule has 1 atom stereocenters. The number of nitrogens with one attached hydrogen (secondary N) is 2. The number of aryl methyl sites for hydroxylation is 2. The number of para-hydroxylation sites is 1. The zero-order valence-corrected chi connectivity index (χ0v) is 17.4. The highest BCUT2D eigenvalue weighted by atomic mass is 16.2. The average Bonchev–Trinajstić information content (AvgIpc) is 2.77. The van der Waals surface area contributed by atoms with E-state index in [2.05, 4.69) is 10.3 Å². The van der Waals surface area contributed by atoms with Gasteiger partial charge in [0.2, 0.25) is 5.91 Å². The molecule has 156 valence electrons. The molecule has 4 aromatic rings. The Morgan fingerprint density at radius 2 is 1.61 bits per heavy atom. The number of benzene rings is 3. The van der Waals surface area contributed by atoms with E-state index >= 15 is 0 Å². The van der Waals surface area contributed by atoms with E-state index in [0.717, 1.165) is 26.8 Å². The van der Waals surface area contributed by atoms with Gasteiger partial charge in [-0.15, -0.1) is 0 Å². The molecule has 6 nitrogen and oxygen atoms in total. The second kappa shape index (κ2) is 8.44. The quantitative estimate of drug-likeness (QED) is 0.527. The molecule has 0 aliphatic rings. The second-order valence-electron chi connectivity index (χ2n) is 7.62. The fraction of sp³-hybridized carbons (Fsp3) is 0.160. The van der Waals surface area contributed by atoms with E-state index in [0.29, 0.717) is 10.9 Å². The number of hydrogen-bond donors (Lipinski definition) is 2. The Kier molecular flexibility index (Phi) is 5.54. The molecule has 0 saturated carbocycles. The van der Waals surface area contributed by atoms with Gasteiger partial charge in [-0.05, 0) is 48.2 Å². The van der Waals surface area contributed by atoms with Gasteiger partial charge >= 0.3 is 5.69 Å². The van der Waals surface area contributed by atoms with E-state index in [1.807, 2.05) is 62.4 Å². The topological polar surface area (TPSA) is 84.0 Å². The lowest BCUT2D eigenvalue weighted by molar-refractivity contribution is -0.122. The number of aromatic amines is 1. The first-order valence-electron chi connectivity index (χ1n) is 10.1. The van der Waals surface area contributed by atoms with Gasteiger partial charge in [0.25, 0.3) is 5.56 Å². The number of hydrogen-bond acceptors (Lipinski definition) is 3. The van der Waals surface area contributed by atoms with E-state index in [9.17, 15) is 14.4 Å².